The van der Waals surface area contributed by atoms with Crippen molar-refractivity contribution < 1.29 is 27.4 Å². The van der Waals surface area contributed by atoms with E-state index in [0.29, 0.717) is 15.6 Å². The summed E-state index contributed by atoms with van der Waals surface area (Å²) in [6, 6.07) is 9.21. The van der Waals surface area contributed by atoms with E-state index < -0.39 is 28.4 Å². The van der Waals surface area contributed by atoms with Gasteiger partial charge in [-0.3, -0.25) is 9.10 Å². The Balaban J connectivity index is 2.58. The minimum Gasteiger partial charge on any atom is -0.496 e. The van der Waals surface area contributed by atoms with Crippen LogP contribution in [0.5, 0.6) is 5.75 Å². The van der Waals surface area contributed by atoms with E-state index in [1.165, 1.54) is 43.5 Å². The summed E-state index contributed by atoms with van der Waals surface area (Å²) in [6.07, 6.45) is 0. The minimum atomic E-state index is -4.26. The number of hydrogen-bond donors (Lipinski definition) is 1. The SMILES string of the molecule is COc1ccc(S(=O)(=O)N(CC(=O)O)c2ccccc2F)cc1C. The first-order valence-electron chi connectivity index (χ1n) is 6.91. The van der Waals surface area contributed by atoms with Crippen molar-refractivity contribution in [2.45, 2.75) is 11.8 Å². The van der Waals surface area contributed by atoms with Gasteiger partial charge in [-0.2, -0.15) is 0 Å². The summed E-state index contributed by atoms with van der Waals surface area (Å²) in [5.41, 5.74) is 0.232. The number of methoxy groups -OCH3 is 1. The summed E-state index contributed by atoms with van der Waals surface area (Å²) in [7, 11) is -2.81. The van der Waals surface area contributed by atoms with Crippen molar-refractivity contribution in [3.63, 3.8) is 0 Å². The maximum absolute atomic E-state index is 14.0. The summed E-state index contributed by atoms with van der Waals surface area (Å²) in [5, 5.41) is 9.03. The monoisotopic (exact) mass is 353 g/mol. The average molecular weight is 353 g/mol. The summed E-state index contributed by atoms with van der Waals surface area (Å²) >= 11 is 0. The van der Waals surface area contributed by atoms with Crippen LogP contribution >= 0.6 is 0 Å². The molecule has 128 valence electrons. The predicted molar refractivity (Wildman–Crippen MR) is 86.3 cm³/mol. The highest BCUT2D eigenvalue weighted by Crippen LogP contribution is 2.28. The summed E-state index contributed by atoms with van der Waals surface area (Å²) in [4.78, 5) is 10.9. The molecule has 0 aromatic heterocycles. The molecule has 2 aromatic rings. The van der Waals surface area contributed by atoms with E-state index >= 15 is 0 Å². The van der Waals surface area contributed by atoms with Gasteiger partial charge in [-0.1, -0.05) is 12.1 Å². The zero-order valence-electron chi connectivity index (χ0n) is 13.1. The predicted octanol–water partition coefficient (Wildman–Crippen LogP) is 2.42. The molecule has 0 aliphatic carbocycles. The van der Waals surface area contributed by atoms with E-state index in [4.69, 9.17) is 9.84 Å². The standard InChI is InChI=1S/C16H16FNO5S/c1-11-9-12(7-8-15(11)23-2)24(21,22)18(10-16(19)20)14-6-4-3-5-13(14)17/h3-9H,10H2,1-2H3,(H,19,20). The van der Waals surface area contributed by atoms with Gasteiger partial charge in [0.2, 0.25) is 0 Å². The first kappa shape index (κ1) is 17.7. The van der Waals surface area contributed by atoms with Gasteiger partial charge in [0.05, 0.1) is 17.7 Å². The summed E-state index contributed by atoms with van der Waals surface area (Å²) < 4.78 is 45.3. The quantitative estimate of drug-likeness (QED) is 0.862. The molecule has 2 rings (SSSR count). The lowest BCUT2D eigenvalue weighted by Crippen LogP contribution is -2.36. The Labute approximate surface area is 139 Å². The lowest BCUT2D eigenvalue weighted by atomic mass is 10.2. The van der Waals surface area contributed by atoms with Crippen LogP contribution in [0.3, 0.4) is 0 Å². The normalized spacial score (nSPS) is 11.1. The molecule has 2 aromatic carbocycles. The van der Waals surface area contributed by atoms with Crippen LogP contribution < -0.4 is 9.04 Å². The number of hydrogen-bond acceptors (Lipinski definition) is 4. The van der Waals surface area contributed by atoms with Crippen molar-refractivity contribution in [3.8, 4) is 5.75 Å². The number of sulfonamides is 1. The molecule has 24 heavy (non-hydrogen) atoms. The number of carboxylic acid groups (broad SMARTS) is 1. The van der Waals surface area contributed by atoms with E-state index in [-0.39, 0.29) is 10.6 Å². The fourth-order valence-corrected chi connectivity index (χ4v) is 3.72. The zero-order valence-corrected chi connectivity index (χ0v) is 13.9. The highest BCUT2D eigenvalue weighted by molar-refractivity contribution is 7.92. The van der Waals surface area contributed by atoms with Gasteiger partial charge >= 0.3 is 5.97 Å². The maximum atomic E-state index is 14.0. The molecular weight excluding hydrogens is 337 g/mol. The number of aliphatic carboxylic acids is 1. The Morgan fingerprint density at radius 3 is 2.46 bits per heavy atom. The largest absolute Gasteiger partial charge is 0.496 e. The molecule has 0 spiro atoms. The number of aryl methyl sites for hydroxylation is 1. The Bertz CT molecular complexity index is 867. The van der Waals surface area contributed by atoms with Gasteiger partial charge in [-0.15, -0.1) is 0 Å². The number of nitrogens with zero attached hydrogens (tertiary/aromatic N) is 1. The molecule has 0 aliphatic rings. The van der Waals surface area contributed by atoms with Crippen LogP contribution in [0.25, 0.3) is 0 Å². The molecule has 0 amide bonds. The molecular formula is C16H16FNO5S. The van der Waals surface area contributed by atoms with Gasteiger partial charge in [0, 0.05) is 0 Å². The van der Waals surface area contributed by atoms with Crippen molar-refractivity contribution in [2.75, 3.05) is 18.0 Å². The van der Waals surface area contributed by atoms with Gasteiger partial charge < -0.3 is 9.84 Å². The second-order valence-electron chi connectivity index (χ2n) is 4.99. The van der Waals surface area contributed by atoms with Crippen molar-refractivity contribution in [2.24, 2.45) is 0 Å². The number of ether oxygens (including phenoxy) is 1. The fourth-order valence-electron chi connectivity index (χ4n) is 2.22. The third-order valence-corrected chi connectivity index (χ3v) is 5.11. The maximum Gasteiger partial charge on any atom is 0.324 e. The number of benzene rings is 2. The topological polar surface area (TPSA) is 83.9 Å². The third-order valence-electron chi connectivity index (χ3n) is 3.35. The molecule has 0 heterocycles. The van der Waals surface area contributed by atoms with E-state index in [0.717, 1.165) is 6.07 Å². The van der Waals surface area contributed by atoms with Crippen molar-refractivity contribution in [1.29, 1.82) is 0 Å². The zero-order chi connectivity index (χ0) is 17.9. The Morgan fingerprint density at radius 2 is 1.92 bits per heavy atom. The van der Waals surface area contributed by atoms with E-state index in [1.807, 2.05) is 0 Å². The van der Waals surface area contributed by atoms with Gasteiger partial charge in [-0.05, 0) is 42.8 Å². The molecule has 0 bridgehead atoms. The van der Waals surface area contributed by atoms with Crippen LogP contribution in [0.2, 0.25) is 0 Å². The van der Waals surface area contributed by atoms with Crippen molar-refractivity contribution in [1.82, 2.24) is 0 Å². The number of anilines is 1. The van der Waals surface area contributed by atoms with E-state index in [9.17, 15) is 17.6 Å². The number of halogens is 1. The van der Waals surface area contributed by atoms with Crippen LogP contribution in [0, 0.1) is 12.7 Å². The van der Waals surface area contributed by atoms with Crippen LogP contribution in [0.15, 0.2) is 47.4 Å². The highest BCUT2D eigenvalue weighted by Gasteiger charge is 2.29. The van der Waals surface area contributed by atoms with E-state index in [2.05, 4.69) is 0 Å². The molecule has 0 atom stereocenters. The van der Waals surface area contributed by atoms with Crippen molar-refractivity contribution >= 4 is 21.7 Å². The minimum absolute atomic E-state index is 0.148. The number of carboxylic acids is 1. The Morgan fingerprint density at radius 1 is 1.25 bits per heavy atom. The summed E-state index contributed by atoms with van der Waals surface area (Å²) in [5.74, 6) is -1.73. The lowest BCUT2D eigenvalue weighted by molar-refractivity contribution is -0.135. The molecule has 1 N–H and O–H groups in total. The van der Waals surface area contributed by atoms with Crippen molar-refractivity contribution in [3.05, 3.63) is 53.8 Å². The second kappa shape index (κ2) is 6.88. The van der Waals surface area contributed by atoms with Crippen LogP contribution in [0.4, 0.5) is 10.1 Å². The average Bonchev–Trinajstić information content (AvgIpc) is 2.53. The number of rotatable bonds is 6. The molecule has 0 saturated heterocycles. The highest BCUT2D eigenvalue weighted by atomic mass is 32.2. The van der Waals surface area contributed by atoms with Gasteiger partial charge in [0.25, 0.3) is 10.0 Å². The van der Waals surface area contributed by atoms with Crippen LogP contribution in [-0.4, -0.2) is 33.1 Å². The lowest BCUT2D eigenvalue weighted by Gasteiger charge is -2.23. The molecule has 0 unspecified atom stereocenters. The molecule has 0 saturated carbocycles. The van der Waals surface area contributed by atoms with E-state index in [1.54, 1.807) is 6.92 Å². The first-order chi connectivity index (χ1) is 11.3. The smallest absolute Gasteiger partial charge is 0.324 e. The second-order valence-corrected chi connectivity index (χ2v) is 6.85. The molecule has 0 aliphatic heterocycles. The third kappa shape index (κ3) is 3.48. The molecule has 8 heteroatoms. The first-order valence-corrected chi connectivity index (χ1v) is 8.35. The summed E-state index contributed by atoms with van der Waals surface area (Å²) in [6.45, 7) is 0.761. The van der Waals surface area contributed by atoms with Gasteiger partial charge in [-0.25, -0.2) is 12.8 Å². The molecule has 0 radical (unpaired) electrons. The van der Waals surface area contributed by atoms with Crippen LogP contribution in [-0.2, 0) is 14.8 Å². The van der Waals surface area contributed by atoms with Crippen LogP contribution in [0.1, 0.15) is 5.56 Å². The fraction of sp³-hybridized carbons (Fsp3) is 0.188. The molecule has 0 fully saturated rings. The van der Waals surface area contributed by atoms with Gasteiger partial charge in [0.1, 0.15) is 18.1 Å². The van der Waals surface area contributed by atoms with Gasteiger partial charge in [0.15, 0.2) is 0 Å². The Kier molecular flexibility index (Phi) is 5.08. The Hall–Kier alpha value is -2.61. The molecule has 6 nitrogen and oxygen atoms in total. The number of para-hydroxylation sites is 1. The number of carbonyl (C=O) groups is 1.